The van der Waals surface area contributed by atoms with E-state index >= 15 is 0 Å². The van der Waals surface area contributed by atoms with Gasteiger partial charge in [0.15, 0.2) is 5.65 Å². The van der Waals surface area contributed by atoms with Crippen LogP contribution < -0.4 is 0 Å². The Morgan fingerprint density at radius 3 is 1.72 bits per heavy atom. The minimum absolute atomic E-state index is 0.147. The summed E-state index contributed by atoms with van der Waals surface area (Å²) >= 11 is 0. The third-order valence-electron chi connectivity index (χ3n) is 16.0. The summed E-state index contributed by atoms with van der Waals surface area (Å²) in [4.78, 5) is 11.0. The second kappa shape index (κ2) is 13.9. The van der Waals surface area contributed by atoms with Crippen molar-refractivity contribution in [2.24, 2.45) is 0 Å². The van der Waals surface area contributed by atoms with E-state index < -0.39 is 5.41 Å². The van der Waals surface area contributed by atoms with Crippen LogP contribution in [0, 0.1) is 0 Å². The van der Waals surface area contributed by atoms with E-state index in [1.165, 1.54) is 88.7 Å². The molecule has 0 saturated carbocycles. The van der Waals surface area contributed by atoms with Gasteiger partial charge in [-0.15, -0.1) is 0 Å². The van der Waals surface area contributed by atoms with Gasteiger partial charge in [0.2, 0.25) is 0 Å². The summed E-state index contributed by atoms with van der Waals surface area (Å²) in [6.45, 7) is 9.43. The lowest BCUT2D eigenvalue weighted by Crippen LogP contribution is -2.28. The van der Waals surface area contributed by atoms with Gasteiger partial charge >= 0.3 is 0 Å². The Kier molecular flexibility index (Phi) is 8.01. The van der Waals surface area contributed by atoms with Crippen molar-refractivity contribution >= 4 is 16.4 Å². The van der Waals surface area contributed by atoms with Crippen LogP contribution in [0.2, 0.25) is 0 Å². The van der Waals surface area contributed by atoms with Crippen LogP contribution >= 0.6 is 0 Å². The summed E-state index contributed by atoms with van der Waals surface area (Å²) in [6.07, 6.45) is 4.28. The average molecular weight is 870 g/mol. The molecule has 3 heteroatoms. The van der Waals surface area contributed by atoms with Crippen molar-refractivity contribution in [3.8, 4) is 67.2 Å². The van der Waals surface area contributed by atoms with Crippen LogP contribution in [0.4, 0.5) is 0 Å². The average Bonchev–Trinajstić information content (AvgIpc) is 4.08. The molecule has 2 heterocycles. The predicted octanol–water partition coefficient (Wildman–Crippen LogP) is 15.9. The maximum Gasteiger partial charge on any atom is 0.164 e. The monoisotopic (exact) mass is 869 g/mol. The van der Waals surface area contributed by atoms with Crippen LogP contribution in [-0.2, 0) is 16.2 Å². The SMILES string of the molecule is CC1(C)c2ccccc2-c2ccc(-c3cn4c(-c5ccc6c(c5)C(c5ccccc5)(c5ccccc5)c5ccccc5-6)cnc4c(-c4ccc5c(c4)C(C)(C)c4ccc6ccccc6c4-5)n3)cc21. The van der Waals surface area contributed by atoms with E-state index in [4.69, 9.17) is 9.97 Å². The first-order valence-corrected chi connectivity index (χ1v) is 23.9. The fourth-order valence-corrected chi connectivity index (χ4v) is 12.7. The molecule has 3 aliphatic rings. The van der Waals surface area contributed by atoms with Gasteiger partial charge in [0.1, 0.15) is 5.69 Å². The normalized spacial score (nSPS) is 15.1. The smallest absolute Gasteiger partial charge is 0.164 e. The van der Waals surface area contributed by atoms with Gasteiger partial charge in [-0.1, -0.05) is 210 Å². The zero-order chi connectivity index (χ0) is 45.5. The summed E-state index contributed by atoms with van der Waals surface area (Å²) in [6, 6.07) is 74.3. The van der Waals surface area contributed by atoms with Crippen molar-refractivity contribution in [1.29, 1.82) is 0 Å². The van der Waals surface area contributed by atoms with Crippen molar-refractivity contribution in [1.82, 2.24) is 14.4 Å². The molecule has 0 bridgehead atoms. The second-order valence-electron chi connectivity index (χ2n) is 20.1. The Bertz CT molecular complexity index is 3870. The summed E-state index contributed by atoms with van der Waals surface area (Å²) < 4.78 is 2.31. The molecule has 0 amide bonds. The van der Waals surface area contributed by atoms with Crippen molar-refractivity contribution in [3.63, 3.8) is 0 Å². The summed E-state index contributed by atoms with van der Waals surface area (Å²) in [5, 5.41) is 2.56. The van der Waals surface area contributed by atoms with Crippen molar-refractivity contribution in [2.45, 2.75) is 43.9 Å². The first kappa shape index (κ1) is 39.1. The number of fused-ring (bicyclic) bond motifs is 12. The number of imidazole rings is 1. The van der Waals surface area contributed by atoms with Crippen LogP contribution in [0.25, 0.3) is 83.6 Å². The van der Waals surface area contributed by atoms with Crippen LogP contribution in [-0.4, -0.2) is 14.4 Å². The summed E-state index contributed by atoms with van der Waals surface area (Å²) in [5.74, 6) is 0. The molecule has 3 nitrogen and oxygen atoms in total. The molecule has 68 heavy (non-hydrogen) atoms. The Morgan fingerprint density at radius 1 is 0.412 bits per heavy atom. The molecular formula is C65H47N3. The summed E-state index contributed by atoms with van der Waals surface area (Å²) in [5.41, 5.74) is 24.2. The van der Waals surface area contributed by atoms with E-state index in [1.807, 2.05) is 0 Å². The molecule has 322 valence electrons. The highest BCUT2D eigenvalue weighted by atomic mass is 15.0. The molecule has 2 aromatic heterocycles. The molecule has 0 atom stereocenters. The van der Waals surface area contributed by atoms with Gasteiger partial charge in [0.25, 0.3) is 0 Å². The van der Waals surface area contributed by atoms with Crippen molar-refractivity contribution < 1.29 is 0 Å². The molecule has 9 aromatic carbocycles. The standard InChI is InChI=1S/C65H47N3/c1-63(2)52-25-15-13-23-47(52)49-31-27-41(35-55(49)63)58-39-68-59(38-66-62(68)61(67-58)43-29-33-51-56(37-43)64(3,4)54-34-30-40-17-11-12-22-46(40)60(51)54)42-28-32-50-48-24-14-16-26-53(48)65(57(50)36-42,44-18-7-5-8-19-44)45-20-9-6-10-21-45/h5-39H,1-4H3. The van der Waals surface area contributed by atoms with Gasteiger partial charge in [-0.3, -0.25) is 4.40 Å². The van der Waals surface area contributed by atoms with Crippen LogP contribution in [0.1, 0.15) is 72.2 Å². The predicted molar refractivity (Wildman–Crippen MR) is 279 cm³/mol. The number of nitrogens with zero attached hydrogens (tertiary/aromatic N) is 3. The highest BCUT2D eigenvalue weighted by Gasteiger charge is 2.46. The Hall–Kier alpha value is -8.14. The van der Waals surface area contributed by atoms with Gasteiger partial charge in [-0.25, -0.2) is 9.97 Å². The van der Waals surface area contributed by atoms with Crippen molar-refractivity contribution in [3.05, 3.63) is 257 Å². The van der Waals surface area contributed by atoms with Crippen LogP contribution in [0.5, 0.6) is 0 Å². The topological polar surface area (TPSA) is 30.2 Å². The molecule has 0 spiro atoms. The number of hydrogen-bond acceptors (Lipinski definition) is 2. The van der Waals surface area contributed by atoms with Crippen molar-refractivity contribution in [2.75, 3.05) is 0 Å². The lowest BCUT2D eigenvalue weighted by molar-refractivity contribution is 0.660. The third kappa shape index (κ3) is 5.19. The van der Waals surface area contributed by atoms with E-state index in [1.54, 1.807) is 0 Å². The number of aromatic nitrogens is 3. The molecule has 3 aliphatic carbocycles. The zero-order valence-corrected chi connectivity index (χ0v) is 38.5. The molecule has 0 fully saturated rings. The largest absolute Gasteiger partial charge is 0.296 e. The first-order chi connectivity index (χ1) is 33.2. The Morgan fingerprint density at radius 2 is 0.956 bits per heavy atom. The van der Waals surface area contributed by atoms with Crippen LogP contribution in [0.3, 0.4) is 0 Å². The molecule has 14 rings (SSSR count). The molecule has 0 aliphatic heterocycles. The molecule has 0 saturated heterocycles. The fourth-order valence-electron chi connectivity index (χ4n) is 12.7. The molecular weight excluding hydrogens is 823 g/mol. The molecule has 0 N–H and O–H groups in total. The van der Waals surface area contributed by atoms with Gasteiger partial charge in [-0.2, -0.15) is 0 Å². The quantitative estimate of drug-likeness (QED) is 0.172. The summed E-state index contributed by atoms with van der Waals surface area (Å²) in [7, 11) is 0. The van der Waals surface area contributed by atoms with E-state index in [-0.39, 0.29) is 10.8 Å². The van der Waals surface area contributed by atoms with E-state index in [0.29, 0.717) is 0 Å². The lowest BCUT2D eigenvalue weighted by Gasteiger charge is -2.34. The lowest BCUT2D eigenvalue weighted by atomic mass is 9.67. The second-order valence-corrected chi connectivity index (χ2v) is 20.1. The van der Waals surface area contributed by atoms with Gasteiger partial charge < -0.3 is 0 Å². The highest BCUT2D eigenvalue weighted by molar-refractivity contribution is 6.03. The maximum atomic E-state index is 5.65. The van der Waals surface area contributed by atoms with E-state index in [2.05, 4.69) is 245 Å². The number of hydrogen-bond donors (Lipinski definition) is 0. The molecule has 11 aromatic rings. The van der Waals surface area contributed by atoms with Gasteiger partial charge in [-0.05, 0) is 107 Å². The highest BCUT2D eigenvalue weighted by Crippen LogP contribution is 2.57. The minimum Gasteiger partial charge on any atom is -0.296 e. The van der Waals surface area contributed by atoms with E-state index in [0.717, 1.165) is 39.4 Å². The Labute approximate surface area is 397 Å². The molecule has 0 radical (unpaired) electrons. The minimum atomic E-state index is -0.516. The third-order valence-corrected chi connectivity index (χ3v) is 16.0. The first-order valence-electron chi connectivity index (χ1n) is 23.9. The van der Waals surface area contributed by atoms with Gasteiger partial charge in [0, 0.05) is 33.7 Å². The zero-order valence-electron chi connectivity index (χ0n) is 38.5. The van der Waals surface area contributed by atoms with E-state index in [9.17, 15) is 0 Å². The Balaban J connectivity index is 1.00. The van der Waals surface area contributed by atoms with Crippen LogP contribution in [0.15, 0.2) is 213 Å². The molecule has 0 unspecified atom stereocenters. The maximum absolute atomic E-state index is 5.65. The van der Waals surface area contributed by atoms with Gasteiger partial charge in [0.05, 0.1) is 23.0 Å². The number of benzene rings is 9. The fraction of sp³-hybridized carbons (Fsp3) is 0.108. The number of rotatable bonds is 5.